The second kappa shape index (κ2) is 11.1. The van der Waals surface area contributed by atoms with Crippen molar-refractivity contribution in [3.63, 3.8) is 0 Å². The Balaban J connectivity index is 2.79. The zero-order chi connectivity index (χ0) is 22.3. The van der Waals surface area contributed by atoms with Crippen LogP contribution in [0.4, 0.5) is 0 Å². The van der Waals surface area contributed by atoms with Gasteiger partial charge in [-0.2, -0.15) is 0 Å². The molecular formula is C20H36N4O5. The molecule has 0 aromatic rings. The molecule has 0 aromatic heterocycles. The van der Waals surface area contributed by atoms with Gasteiger partial charge in [0.2, 0.25) is 17.7 Å². The van der Waals surface area contributed by atoms with E-state index in [4.69, 9.17) is 5.73 Å². The second-order valence-corrected chi connectivity index (χ2v) is 8.04. The Labute approximate surface area is 172 Å². The summed E-state index contributed by atoms with van der Waals surface area (Å²) in [6.45, 7) is 9.37. The van der Waals surface area contributed by atoms with E-state index in [2.05, 4.69) is 10.6 Å². The SMILES string of the molecule is CC[C@H](C)[C@H](N)C(=O)N[C@@H](C)C(=O)N1CCC[C@H]1C(=O)N[C@H](C(=O)O)[C@@H](C)CC. The van der Waals surface area contributed by atoms with Crippen LogP contribution in [0.1, 0.15) is 60.3 Å². The largest absolute Gasteiger partial charge is 0.480 e. The van der Waals surface area contributed by atoms with Gasteiger partial charge in [0.05, 0.1) is 6.04 Å². The monoisotopic (exact) mass is 412 g/mol. The fraction of sp³-hybridized carbons (Fsp3) is 0.800. The number of nitrogens with zero attached hydrogens (tertiary/aromatic N) is 1. The summed E-state index contributed by atoms with van der Waals surface area (Å²) in [6, 6.07) is -3.28. The molecule has 0 bridgehead atoms. The van der Waals surface area contributed by atoms with Crippen LogP contribution in [-0.4, -0.2) is 64.4 Å². The predicted octanol–water partition coefficient (Wildman–Crippen LogP) is 0.471. The number of carboxylic acids is 1. The lowest BCUT2D eigenvalue weighted by Gasteiger charge is -2.29. The van der Waals surface area contributed by atoms with Crippen LogP contribution >= 0.6 is 0 Å². The van der Waals surface area contributed by atoms with Crippen LogP contribution in [0.25, 0.3) is 0 Å². The number of rotatable bonds is 10. The third-order valence-corrected chi connectivity index (χ3v) is 5.90. The minimum atomic E-state index is -1.09. The standard InChI is InChI=1S/C20H36N4O5/c1-6-11(3)15(21)18(26)22-13(5)19(27)24-10-8-9-14(24)17(25)23-16(20(28)29)12(4)7-2/h11-16H,6-10,21H2,1-5H3,(H,22,26)(H,23,25)(H,28,29)/t11-,12-,13-,14-,15-,16-/m0/s1. The van der Waals surface area contributed by atoms with Gasteiger partial charge in [-0.05, 0) is 31.6 Å². The lowest BCUT2D eigenvalue weighted by Crippen LogP contribution is -2.57. The van der Waals surface area contributed by atoms with Gasteiger partial charge in [0.15, 0.2) is 0 Å². The van der Waals surface area contributed by atoms with Crippen LogP contribution in [-0.2, 0) is 19.2 Å². The summed E-state index contributed by atoms with van der Waals surface area (Å²) in [7, 11) is 0. The fourth-order valence-corrected chi connectivity index (χ4v) is 3.37. The summed E-state index contributed by atoms with van der Waals surface area (Å²) in [4.78, 5) is 50.7. The van der Waals surface area contributed by atoms with Gasteiger partial charge in [-0.25, -0.2) is 4.79 Å². The van der Waals surface area contributed by atoms with Gasteiger partial charge in [-0.1, -0.05) is 40.5 Å². The highest BCUT2D eigenvalue weighted by Crippen LogP contribution is 2.20. The predicted molar refractivity (Wildman–Crippen MR) is 109 cm³/mol. The van der Waals surface area contributed by atoms with Gasteiger partial charge < -0.3 is 26.4 Å². The highest BCUT2D eigenvalue weighted by molar-refractivity contribution is 5.94. The molecule has 5 N–H and O–H groups in total. The van der Waals surface area contributed by atoms with Gasteiger partial charge in [0, 0.05) is 6.54 Å². The fourth-order valence-electron chi connectivity index (χ4n) is 3.37. The van der Waals surface area contributed by atoms with Crippen molar-refractivity contribution in [3.05, 3.63) is 0 Å². The summed E-state index contributed by atoms with van der Waals surface area (Å²) in [5, 5.41) is 14.6. The van der Waals surface area contributed by atoms with Gasteiger partial charge >= 0.3 is 5.97 Å². The smallest absolute Gasteiger partial charge is 0.326 e. The summed E-state index contributed by atoms with van der Waals surface area (Å²) < 4.78 is 0. The average molecular weight is 413 g/mol. The number of aliphatic carboxylic acids is 1. The molecule has 0 spiro atoms. The van der Waals surface area contributed by atoms with Crippen molar-refractivity contribution >= 4 is 23.7 Å². The maximum atomic E-state index is 12.8. The number of amides is 3. The van der Waals surface area contributed by atoms with Crippen LogP contribution in [0, 0.1) is 11.8 Å². The first kappa shape index (κ1) is 24.9. The number of likely N-dealkylation sites (tertiary alicyclic amines) is 1. The van der Waals surface area contributed by atoms with Crippen LogP contribution in [0.15, 0.2) is 0 Å². The second-order valence-electron chi connectivity index (χ2n) is 8.04. The minimum absolute atomic E-state index is 0.0175. The quantitative estimate of drug-likeness (QED) is 0.411. The van der Waals surface area contributed by atoms with Gasteiger partial charge in [-0.3, -0.25) is 14.4 Å². The Morgan fingerprint density at radius 3 is 2.17 bits per heavy atom. The van der Waals surface area contributed by atoms with Crippen molar-refractivity contribution in [1.82, 2.24) is 15.5 Å². The van der Waals surface area contributed by atoms with E-state index < -0.39 is 42.0 Å². The van der Waals surface area contributed by atoms with Crippen LogP contribution < -0.4 is 16.4 Å². The van der Waals surface area contributed by atoms with E-state index in [-0.39, 0.29) is 17.7 Å². The van der Waals surface area contributed by atoms with Crippen LogP contribution in [0.3, 0.4) is 0 Å². The minimum Gasteiger partial charge on any atom is -0.480 e. The molecule has 0 aliphatic carbocycles. The number of carbonyl (C=O) groups excluding carboxylic acids is 3. The normalized spacial score (nSPS) is 21.6. The first-order chi connectivity index (χ1) is 13.5. The molecule has 0 unspecified atom stereocenters. The lowest BCUT2D eigenvalue weighted by atomic mass is 9.98. The molecule has 6 atom stereocenters. The topological polar surface area (TPSA) is 142 Å². The molecule has 0 saturated carbocycles. The molecule has 1 aliphatic rings. The van der Waals surface area contributed by atoms with E-state index in [9.17, 15) is 24.3 Å². The maximum absolute atomic E-state index is 12.8. The van der Waals surface area contributed by atoms with E-state index >= 15 is 0 Å². The third kappa shape index (κ3) is 6.42. The van der Waals surface area contributed by atoms with Crippen molar-refractivity contribution in [3.8, 4) is 0 Å². The molecule has 1 rings (SSSR count). The van der Waals surface area contributed by atoms with E-state index in [0.29, 0.717) is 25.8 Å². The van der Waals surface area contributed by atoms with Crippen molar-refractivity contribution in [1.29, 1.82) is 0 Å². The summed E-state index contributed by atoms with van der Waals surface area (Å²) in [5.74, 6) is -2.59. The maximum Gasteiger partial charge on any atom is 0.326 e. The first-order valence-electron chi connectivity index (χ1n) is 10.4. The van der Waals surface area contributed by atoms with Crippen molar-refractivity contribution in [2.24, 2.45) is 17.6 Å². The van der Waals surface area contributed by atoms with Gasteiger partial charge in [0.25, 0.3) is 0 Å². The van der Waals surface area contributed by atoms with Gasteiger partial charge in [0.1, 0.15) is 18.1 Å². The number of hydrogen-bond donors (Lipinski definition) is 4. The zero-order valence-corrected chi connectivity index (χ0v) is 18.1. The summed E-state index contributed by atoms with van der Waals surface area (Å²) in [6.07, 6.45) is 2.44. The number of carbonyl (C=O) groups is 4. The molecule has 0 radical (unpaired) electrons. The summed E-state index contributed by atoms with van der Waals surface area (Å²) >= 11 is 0. The van der Waals surface area contributed by atoms with Crippen molar-refractivity contribution < 1.29 is 24.3 Å². The molecule has 3 amide bonds. The zero-order valence-electron chi connectivity index (χ0n) is 18.1. The lowest BCUT2D eigenvalue weighted by molar-refractivity contribution is -0.145. The van der Waals surface area contributed by atoms with E-state index in [0.717, 1.165) is 6.42 Å². The van der Waals surface area contributed by atoms with Crippen LogP contribution in [0.5, 0.6) is 0 Å². The molecular weight excluding hydrogens is 376 g/mol. The number of nitrogens with one attached hydrogen (secondary N) is 2. The molecule has 1 saturated heterocycles. The highest BCUT2D eigenvalue weighted by atomic mass is 16.4. The molecule has 9 nitrogen and oxygen atoms in total. The Kier molecular flexibility index (Phi) is 9.55. The number of hydrogen-bond acceptors (Lipinski definition) is 5. The first-order valence-corrected chi connectivity index (χ1v) is 10.4. The molecule has 1 aliphatic heterocycles. The average Bonchev–Trinajstić information content (AvgIpc) is 3.18. The number of carboxylic acid groups (broad SMARTS) is 1. The molecule has 29 heavy (non-hydrogen) atoms. The van der Waals surface area contributed by atoms with Gasteiger partial charge in [-0.15, -0.1) is 0 Å². The highest BCUT2D eigenvalue weighted by Gasteiger charge is 2.38. The molecule has 9 heteroatoms. The Bertz CT molecular complexity index is 612. The van der Waals surface area contributed by atoms with Crippen molar-refractivity contribution in [2.75, 3.05) is 6.54 Å². The molecule has 0 aromatic carbocycles. The number of nitrogens with two attached hydrogens (primary N) is 1. The molecule has 1 fully saturated rings. The van der Waals surface area contributed by atoms with Crippen molar-refractivity contribution in [2.45, 2.75) is 84.5 Å². The van der Waals surface area contributed by atoms with E-state index in [1.54, 1.807) is 13.8 Å². The Morgan fingerprint density at radius 2 is 1.66 bits per heavy atom. The molecule has 1 heterocycles. The Morgan fingerprint density at radius 1 is 1.07 bits per heavy atom. The summed E-state index contributed by atoms with van der Waals surface area (Å²) in [5.41, 5.74) is 5.92. The third-order valence-electron chi connectivity index (χ3n) is 5.90. The molecule has 166 valence electrons. The van der Waals surface area contributed by atoms with E-state index in [1.807, 2.05) is 20.8 Å². The van der Waals surface area contributed by atoms with Crippen LogP contribution in [0.2, 0.25) is 0 Å². The van der Waals surface area contributed by atoms with E-state index in [1.165, 1.54) is 4.90 Å². The Hall–Kier alpha value is -2.16.